The van der Waals surface area contributed by atoms with Gasteiger partial charge in [0.15, 0.2) is 11.2 Å². The van der Waals surface area contributed by atoms with E-state index in [1.807, 2.05) is 43.5 Å². The Hall–Kier alpha value is -2.81. The Morgan fingerprint density at radius 2 is 2.03 bits per heavy atom. The summed E-state index contributed by atoms with van der Waals surface area (Å²) in [5.41, 5.74) is 2.11. The number of hydrogen-bond donors (Lipinski definition) is 1. The number of nitrogens with zero attached hydrogens (tertiary/aromatic N) is 5. The van der Waals surface area contributed by atoms with E-state index in [9.17, 15) is 4.79 Å². The predicted octanol–water partition coefficient (Wildman–Crippen LogP) is 2.21. The highest BCUT2D eigenvalue weighted by Crippen LogP contribution is 2.25. The van der Waals surface area contributed by atoms with Crippen LogP contribution in [0.15, 0.2) is 41.3 Å². The zero-order chi connectivity index (χ0) is 21.4. The first-order valence-electron chi connectivity index (χ1n) is 10.5. The molecule has 160 valence electrons. The third-order valence-electron chi connectivity index (χ3n) is 5.64. The molecule has 0 saturated carbocycles. The van der Waals surface area contributed by atoms with E-state index in [1.54, 1.807) is 9.08 Å². The molecule has 4 heterocycles. The molecule has 4 aromatic rings. The lowest BCUT2D eigenvalue weighted by atomic mass is 10.1. The monoisotopic (exact) mass is 439 g/mol. The molecule has 0 amide bonds. The molecule has 31 heavy (non-hydrogen) atoms. The number of benzene rings is 1. The van der Waals surface area contributed by atoms with Gasteiger partial charge >= 0.3 is 5.78 Å². The molecule has 1 aromatic carbocycles. The van der Waals surface area contributed by atoms with Crippen molar-refractivity contribution < 1.29 is 9.25 Å². The molecule has 0 spiro atoms. The first-order chi connectivity index (χ1) is 15.1. The molecule has 1 N–H and O–H groups in total. The molecule has 0 atom stereocenters. The average Bonchev–Trinajstić information content (AvgIpc) is 3.14. The van der Waals surface area contributed by atoms with Crippen molar-refractivity contribution in [2.24, 2.45) is 0 Å². The van der Waals surface area contributed by atoms with E-state index in [2.05, 4.69) is 20.0 Å². The van der Waals surface area contributed by atoms with Crippen molar-refractivity contribution >= 4 is 28.3 Å². The number of fused-ring (bicyclic) bond motifs is 2. The smallest absolute Gasteiger partial charge is 0.379 e. The van der Waals surface area contributed by atoms with Gasteiger partial charge < -0.3 is 9.30 Å². The fourth-order valence-electron chi connectivity index (χ4n) is 4.14. The van der Waals surface area contributed by atoms with Crippen LogP contribution in [0.1, 0.15) is 12.2 Å². The van der Waals surface area contributed by atoms with Gasteiger partial charge in [-0.3, -0.25) is 9.69 Å². The lowest BCUT2D eigenvalue weighted by Crippen LogP contribution is -2.37. The van der Waals surface area contributed by atoms with Crippen molar-refractivity contribution in [1.29, 1.82) is 0 Å². The molecule has 3 aromatic heterocycles. The summed E-state index contributed by atoms with van der Waals surface area (Å²) in [6.07, 6.45) is 2.72. The van der Waals surface area contributed by atoms with Crippen LogP contribution in [0, 0.1) is 6.92 Å². The Kier molecular flexibility index (Phi) is 5.43. The number of pyridine rings is 1. The van der Waals surface area contributed by atoms with Crippen LogP contribution in [0.3, 0.4) is 0 Å². The molecule has 0 radical (unpaired) electrons. The Morgan fingerprint density at radius 1 is 1.19 bits per heavy atom. The Labute approximate surface area is 184 Å². The van der Waals surface area contributed by atoms with Gasteiger partial charge in [-0.2, -0.15) is 0 Å². The van der Waals surface area contributed by atoms with Crippen molar-refractivity contribution in [3.8, 4) is 11.3 Å². The summed E-state index contributed by atoms with van der Waals surface area (Å²) < 4.78 is 8.95. The van der Waals surface area contributed by atoms with E-state index in [-0.39, 0.29) is 5.56 Å². The maximum Gasteiger partial charge on any atom is 0.458 e. The summed E-state index contributed by atoms with van der Waals surface area (Å²) in [4.78, 5) is 25.0. The molecule has 5 rings (SSSR count). The van der Waals surface area contributed by atoms with Crippen molar-refractivity contribution in [3.05, 3.63) is 57.7 Å². The zero-order valence-electron chi connectivity index (χ0n) is 17.3. The van der Waals surface area contributed by atoms with E-state index in [1.165, 1.54) is 0 Å². The fourth-order valence-corrected chi connectivity index (χ4v) is 4.33. The highest BCUT2D eigenvalue weighted by atomic mass is 35.5. The molecule has 8 nitrogen and oxygen atoms in total. The summed E-state index contributed by atoms with van der Waals surface area (Å²) in [5.74, 6) is 1.24. The normalized spacial score (nSPS) is 15.2. The summed E-state index contributed by atoms with van der Waals surface area (Å²) in [5, 5.41) is 4.36. The molecule has 0 unspecified atom stereocenters. The average molecular weight is 440 g/mol. The third-order valence-corrected chi connectivity index (χ3v) is 5.88. The molecule has 1 aliphatic rings. The van der Waals surface area contributed by atoms with Gasteiger partial charge in [0.25, 0.3) is 5.56 Å². The second kappa shape index (κ2) is 8.37. The number of hydrogen-bond acceptors (Lipinski definition) is 5. The van der Waals surface area contributed by atoms with Crippen LogP contribution in [-0.2, 0) is 11.3 Å². The lowest BCUT2D eigenvalue weighted by Gasteiger charge is -2.26. The van der Waals surface area contributed by atoms with Crippen molar-refractivity contribution in [1.82, 2.24) is 24.5 Å². The zero-order valence-corrected chi connectivity index (χ0v) is 18.1. The van der Waals surface area contributed by atoms with Gasteiger partial charge in [0, 0.05) is 49.9 Å². The number of rotatable bonds is 5. The molecule has 1 aliphatic heterocycles. The predicted molar refractivity (Wildman–Crippen MR) is 118 cm³/mol. The molecular formula is C22H24ClN6O2+. The Bertz CT molecular complexity index is 1310. The van der Waals surface area contributed by atoms with E-state index < -0.39 is 0 Å². The number of morpholine rings is 1. The van der Waals surface area contributed by atoms with Crippen LogP contribution < -0.4 is 10.1 Å². The van der Waals surface area contributed by atoms with Crippen molar-refractivity contribution in [3.63, 3.8) is 0 Å². The topological polar surface area (TPSA) is 80.1 Å². The number of ether oxygens (including phenoxy) is 1. The van der Waals surface area contributed by atoms with Crippen LogP contribution in [0.4, 0.5) is 0 Å². The van der Waals surface area contributed by atoms with Gasteiger partial charge in [0.2, 0.25) is 5.82 Å². The van der Waals surface area contributed by atoms with Crippen molar-refractivity contribution in [2.75, 3.05) is 32.8 Å². The van der Waals surface area contributed by atoms with E-state index >= 15 is 0 Å². The van der Waals surface area contributed by atoms with Crippen LogP contribution >= 0.6 is 11.6 Å². The molecule has 0 bridgehead atoms. The van der Waals surface area contributed by atoms with Gasteiger partial charge in [0.1, 0.15) is 5.39 Å². The van der Waals surface area contributed by atoms with Crippen molar-refractivity contribution in [2.45, 2.75) is 19.9 Å². The van der Waals surface area contributed by atoms with Gasteiger partial charge in [-0.1, -0.05) is 33.7 Å². The largest absolute Gasteiger partial charge is 0.458 e. The number of H-pyrrole nitrogens is 1. The number of aryl methyl sites for hydroxylation is 2. The minimum atomic E-state index is -0.0661. The standard InChI is InChI=1S/C22H23ClN6O2/c1-15-24-22-25-18-6-9-28(8-3-7-27-10-12-31-13-11-27)21(30)19(18)20(29(22)26-15)16-4-2-5-17(23)14-16/h2,4-6,9,14H,3,7-8,10-13H2,1H3/p+1. The second-order valence-electron chi connectivity index (χ2n) is 7.80. The minimum absolute atomic E-state index is 0.0661. The third kappa shape index (κ3) is 3.94. The van der Waals surface area contributed by atoms with Gasteiger partial charge in [-0.25, -0.2) is 5.10 Å². The summed E-state index contributed by atoms with van der Waals surface area (Å²) in [6, 6.07) is 9.39. The fraction of sp³-hybridized carbons (Fsp3) is 0.364. The molecular weight excluding hydrogens is 416 g/mol. The van der Waals surface area contributed by atoms with E-state index in [4.69, 9.17) is 16.3 Å². The van der Waals surface area contributed by atoms with Crippen LogP contribution in [-0.4, -0.2) is 57.4 Å². The molecule has 0 aliphatic carbocycles. The van der Waals surface area contributed by atoms with Crippen LogP contribution in [0.5, 0.6) is 0 Å². The molecule has 1 fully saturated rings. The van der Waals surface area contributed by atoms with Crippen LogP contribution in [0.25, 0.3) is 27.9 Å². The highest BCUT2D eigenvalue weighted by Gasteiger charge is 2.24. The maximum absolute atomic E-state index is 13.5. The van der Waals surface area contributed by atoms with Gasteiger partial charge in [-0.05, 0) is 24.6 Å². The number of nitrogens with one attached hydrogen (secondary N) is 1. The number of aromatic nitrogens is 5. The summed E-state index contributed by atoms with van der Waals surface area (Å²) in [7, 11) is 0. The van der Waals surface area contributed by atoms with E-state index in [0.717, 1.165) is 56.4 Å². The second-order valence-corrected chi connectivity index (χ2v) is 8.23. The Balaban J connectivity index is 1.59. The van der Waals surface area contributed by atoms with Gasteiger partial charge in [-0.15, -0.1) is 4.52 Å². The van der Waals surface area contributed by atoms with Gasteiger partial charge in [0.05, 0.1) is 13.2 Å². The maximum atomic E-state index is 13.5. The summed E-state index contributed by atoms with van der Waals surface area (Å²) in [6.45, 7) is 6.91. The number of halogens is 1. The first-order valence-corrected chi connectivity index (χ1v) is 10.9. The molecule has 9 heteroatoms. The SMILES string of the molecule is Cc1nc2nc3ccn(CCCN4CCOCC4)c(=O)c3c(-c3cccc(Cl)c3)[n+]2[nH]1. The summed E-state index contributed by atoms with van der Waals surface area (Å²) >= 11 is 6.27. The van der Waals surface area contributed by atoms with Crippen LogP contribution in [0.2, 0.25) is 5.02 Å². The Morgan fingerprint density at radius 3 is 2.84 bits per heavy atom. The number of aromatic amines is 1. The molecule has 1 saturated heterocycles. The minimum Gasteiger partial charge on any atom is -0.379 e. The lowest BCUT2D eigenvalue weighted by molar-refractivity contribution is -0.567. The quantitative estimate of drug-likeness (QED) is 0.482. The highest BCUT2D eigenvalue weighted by molar-refractivity contribution is 6.30. The first kappa shape index (κ1) is 20.1. The van der Waals surface area contributed by atoms with E-state index in [0.29, 0.717) is 28.2 Å².